The quantitative estimate of drug-likeness (QED) is 0.691. The zero-order valence-corrected chi connectivity index (χ0v) is 14.6. The number of benzene rings is 1. The number of carbonyl (C=O) groups is 2. The lowest BCUT2D eigenvalue weighted by molar-refractivity contribution is -0.119. The average molecular weight is 374 g/mol. The molecule has 8 nitrogen and oxygen atoms in total. The molecule has 0 aliphatic rings. The predicted molar refractivity (Wildman–Crippen MR) is 95.3 cm³/mol. The lowest BCUT2D eigenvalue weighted by atomic mass is 10.2. The van der Waals surface area contributed by atoms with Crippen molar-refractivity contribution in [1.29, 1.82) is 0 Å². The molecule has 2 aromatic heterocycles. The largest absolute Gasteiger partial charge is 0.477 e. The van der Waals surface area contributed by atoms with E-state index in [1.165, 1.54) is 18.5 Å². The van der Waals surface area contributed by atoms with Gasteiger partial charge < -0.3 is 10.4 Å². The molecular weight excluding hydrogens is 358 g/mol. The van der Waals surface area contributed by atoms with Gasteiger partial charge in [0.05, 0.1) is 18.4 Å². The van der Waals surface area contributed by atoms with E-state index in [0.29, 0.717) is 17.3 Å². The highest BCUT2D eigenvalue weighted by atomic mass is 35.5. The third kappa shape index (κ3) is 3.75. The minimum atomic E-state index is -1.14. The van der Waals surface area contributed by atoms with E-state index in [1.54, 1.807) is 23.9 Å². The smallest absolute Gasteiger partial charge is 0.354 e. The molecule has 2 heterocycles. The van der Waals surface area contributed by atoms with Crippen LogP contribution < -0.4 is 5.32 Å². The summed E-state index contributed by atoms with van der Waals surface area (Å²) in [6, 6.07) is 7.99. The van der Waals surface area contributed by atoms with Gasteiger partial charge in [-0.05, 0) is 24.6 Å². The fraction of sp³-hybridized carbons (Fsp3) is 0.176. The SMILES string of the molecule is CC(C(=O)Nc1cnn(Cc2ccccc2Cl)c1)n1nccc1C(=O)O. The van der Waals surface area contributed by atoms with Crippen molar-refractivity contribution in [3.05, 3.63) is 65.2 Å². The maximum atomic E-state index is 12.4. The summed E-state index contributed by atoms with van der Waals surface area (Å²) >= 11 is 6.14. The monoisotopic (exact) mass is 373 g/mol. The number of hydrogen-bond donors (Lipinski definition) is 2. The van der Waals surface area contributed by atoms with Crippen LogP contribution in [0, 0.1) is 0 Å². The van der Waals surface area contributed by atoms with Crippen molar-refractivity contribution in [2.45, 2.75) is 19.5 Å². The van der Waals surface area contributed by atoms with Crippen molar-refractivity contribution >= 4 is 29.2 Å². The van der Waals surface area contributed by atoms with Crippen LogP contribution in [0.25, 0.3) is 0 Å². The molecule has 1 unspecified atom stereocenters. The number of carboxylic acids is 1. The van der Waals surface area contributed by atoms with Crippen molar-refractivity contribution < 1.29 is 14.7 Å². The Hall–Kier alpha value is -3.13. The molecule has 0 saturated carbocycles. The first-order valence-electron chi connectivity index (χ1n) is 7.79. The summed E-state index contributed by atoms with van der Waals surface area (Å²) in [4.78, 5) is 23.5. The summed E-state index contributed by atoms with van der Waals surface area (Å²) in [6.07, 6.45) is 4.53. The van der Waals surface area contributed by atoms with E-state index in [9.17, 15) is 9.59 Å². The van der Waals surface area contributed by atoms with Gasteiger partial charge in [0.25, 0.3) is 0 Å². The van der Waals surface area contributed by atoms with Crippen LogP contribution in [-0.2, 0) is 11.3 Å². The van der Waals surface area contributed by atoms with E-state index in [0.717, 1.165) is 10.2 Å². The van der Waals surface area contributed by atoms with Gasteiger partial charge in [-0.15, -0.1) is 0 Å². The molecule has 0 fully saturated rings. The second kappa shape index (κ2) is 7.40. The number of rotatable bonds is 6. The molecule has 0 aliphatic heterocycles. The predicted octanol–water partition coefficient (Wildman–Crippen LogP) is 2.68. The minimum Gasteiger partial charge on any atom is -0.477 e. The number of hydrogen-bond acceptors (Lipinski definition) is 4. The van der Waals surface area contributed by atoms with E-state index in [2.05, 4.69) is 15.5 Å². The number of carboxylic acid groups (broad SMARTS) is 1. The second-order valence-electron chi connectivity index (χ2n) is 5.65. The Morgan fingerprint density at radius 2 is 2.04 bits per heavy atom. The number of nitrogens with one attached hydrogen (secondary N) is 1. The molecule has 134 valence electrons. The first-order valence-corrected chi connectivity index (χ1v) is 8.17. The van der Waals surface area contributed by atoms with Crippen LogP contribution in [0.1, 0.15) is 29.0 Å². The Balaban J connectivity index is 1.68. The highest BCUT2D eigenvalue weighted by Crippen LogP contribution is 2.17. The van der Waals surface area contributed by atoms with E-state index in [4.69, 9.17) is 16.7 Å². The summed E-state index contributed by atoms with van der Waals surface area (Å²) in [7, 11) is 0. The van der Waals surface area contributed by atoms with Crippen LogP contribution in [0.3, 0.4) is 0 Å². The zero-order valence-electron chi connectivity index (χ0n) is 13.8. The molecule has 3 aromatic rings. The maximum Gasteiger partial charge on any atom is 0.354 e. The summed E-state index contributed by atoms with van der Waals surface area (Å²) in [5.41, 5.74) is 1.35. The zero-order chi connectivity index (χ0) is 18.7. The molecule has 1 amide bonds. The van der Waals surface area contributed by atoms with Crippen LogP contribution in [0.5, 0.6) is 0 Å². The number of aromatic nitrogens is 4. The average Bonchev–Trinajstić information content (AvgIpc) is 3.25. The Bertz CT molecular complexity index is 949. The lowest BCUT2D eigenvalue weighted by Crippen LogP contribution is -2.26. The Kier molecular flexibility index (Phi) is 5.04. The summed E-state index contributed by atoms with van der Waals surface area (Å²) in [5.74, 6) is -1.54. The maximum absolute atomic E-state index is 12.4. The molecule has 0 saturated heterocycles. The normalized spacial score (nSPS) is 11.9. The molecule has 1 atom stereocenters. The number of aromatic carboxylic acids is 1. The first-order chi connectivity index (χ1) is 12.5. The molecule has 9 heteroatoms. The Labute approximate surface area is 154 Å². The van der Waals surface area contributed by atoms with Gasteiger partial charge >= 0.3 is 5.97 Å². The number of nitrogens with zero attached hydrogens (tertiary/aromatic N) is 4. The van der Waals surface area contributed by atoms with Gasteiger partial charge in [-0.1, -0.05) is 29.8 Å². The molecule has 2 N–H and O–H groups in total. The van der Waals surface area contributed by atoms with E-state index < -0.39 is 17.9 Å². The van der Waals surface area contributed by atoms with Crippen molar-refractivity contribution in [1.82, 2.24) is 19.6 Å². The fourth-order valence-corrected chi connectivity index (χ4v) is 2.66. The summed E-state index contributed by atoms with van der Waals surface area (Å²) < 4.78 is 2.81. The van der Waals surface area contributed by atoms with Gasteiger partial charge in [0.2, 0.25) is 5.91 Å². The number of amides is 1. The molecule has 0 bridgehead atoms. The van der Waals surface area contributed by atoms with Crippen molar-refractivity contribution in [3.63, 3.8) is 0 Å². The minimum absolute atomic E-state index is 0.0536. The van der Waals surface area contributed by atoms with Gasteiger partial charge in [0.1, 0.15) is 11.7 Å². The third-order valence-electron chi connectivity index (χ3n) is 3.83. The molecule has 1 aromatic carbocycles. The van der Waals surface area contributed by atoms with E-state index in [1.807, 2.05) is 18.2 Å². The Morgan fingerprint density at radius 1 is 1.27 bits per heavy atom. The number of carbonyl (C=O) groups excluding carboxylic acids is 1. The van der Waals surface area contributed by atoms with Crippen LogP contribution in [0.4, 0.5) is 5.69 Å². The second-order valence-corrected chi connectivity index (χ2v) is 6.06. The van der Waals surface area contributed by atoms with Crippen molar-refractivity contribution in [2.24, 2.45) is 0 Å². The molecule has 3 rings (SSSR count). The van der Waals surface area contributed by atoms with Crippen molar-refractivity contribution in [3.8, 4) is 0 Å². The topological polar surface area (TPSA) is 102 Å². The lowest BCUT2D eigenvalue weighted by Gasteiger charge is -2.13. The van der Waals surface area contributed by atoms with Gasteiger partial charge in [0, 0.05) is 17.4 Å². The van der Waals surface area contributed by atoms with Crippen LogP contribution >= 0.6 is 11.6 Å². The fourth-order valence-electron chi connectivity index (χ4n) is 2.47. The Morgan fingerprint density at radius 3 is 2.77 bits per heavy atom. The molecule has 0 aliphatic carbocycles. The van der Waals surface area contributed by atoms with Crippen LogP contribution in [-0.4, -0.2) is 36.5 Å². The highest BCUT2D eigenvalue weighted by molar-refractivity contribution is 6.31. The summed E-state index contributed by atoms with van der Waals surface area (Å²) in [6.45, 7) is 2.04. The van der Waals surface area contributed by atoms with E-state index >= 15 is 0 Å². The molecule has 26 heavy (non-hydrogen) atoms. The molecule has 0 spiro atoms. The van der Waals surface area contributed by atoms with Gasteiger partial charge in [-0.3, -0.25) is 9.48 Å². The van der Waals surface area contributed by atoms with Gasteiger partial charge in [-0.25, -0.2) is 9.48 Å². The molecular formula is C17H16ClN5O3. The third-order valence-corrected chi connectivity index (χ3v) is 4.20. The standard InChI is InChI=1S/C17H16ClN5O3/c1-11(23-15(17(25)26)6-7-19-23)16(24)21-13-8-20-22(10-13)9-12-4-2-3-5-14(12)18/h2-8,10-11H,9H2,1H3,(H,21,24)(H,25,26). The highest BCUT2D eigenvalue weighted by Gasteiger charge is 2.21. The van der Waals surface area contributed by atoms with E-state index in [-0.39, 0.29) is 5.69 Å². The summed E-state index contributed by atoms with van der Waals surface area (Å²) in [5, 5.41) is 20.6. The van der Waals surface area contributed by atoms with Crippen LogP contribution in [0.15, 0.2) is 48.9 Å². The number of anilines is 1. The first kappa shape index (κ1) is 17.7. The molecule has 0 radical (unpaired) electrons. The van der Waals surface area contributed by atoms with Gasteiger partial charge in [0.15, 0.2) is 0 Å². The van der Waals surface area contributed by atoms with Crippen LogP contribution in [0.2, 0.25) is 5.02 Å². The number of halogens is 1. The van der Waals surface area contributed by atoms with Crippen molar-refractivity contribution in [2.75, 3.05) is 5.32 Å². The van der Waals surface area contributed by atoms with Gasteiger partial charge in [-0.2, -0.15) is 10.2 Å².